The highest BCUT2D eigenvalue weighted by atomic mass is 16.5. The van der Waals surface area contributed by atoms with Crippen LogP contribution in [0.2, 0.25) is 0 Å². The Morgan fingerprint density at radius 3 is 2.50 bits per heavy atom. The van der Waals surface area contributed by atoms with Crippen LogP contribution in [-0.4, -0.2) is 45.6 Å². The zero-order valence-electron chi connectivity index (χ0n) is 20.4. The van der Waals surface area contributed by atoms with Gasteiger partial charge in [0.1, 0.15) is 0 Å². The van der Waals surface area contributed by atoms with Crippen LogP contribution in [0, 0.1) is 20.8 Å². The number of aromatic amines is 1. The molecule has 0 aliphatic carbocycles. The number of aryl methyl sites for hydroxylation is 2. The molecule has 1 N–H and O–H groups in total. The topological polar surface area (TPSA) is 62.6 Å². The maximum atomic E-state index is 12.8. The highest BCUT2D eigenvalue weighted by Crippen LogP contribution is 2.32. The van der Waals surface area contributed by atoms with Gasteiger partial charge in [-0.2, -0.15) is 0 Å². The summed E-state index contributed by atoms with van der Waals surface area (Å²) >= 11 is 0. The second-order valence-electron chi connectivity index (χ2n) is 9.38. The number of nitrogens with one attached hydrogen (secondary N) is 1. The molecule has 176 valence electrons. The van der Waals surface area contributed by atoms with Crippen LogP contribution >= 0.6 is 0 Å². The number of pyridine rings is 3. The Labute approximate surface area is 200 Å². The van der Waals surface area contributed by atoms with Gasteiger partial charge in [0.25, 0.3) is 5.56 Å². The molecule has 0 radical (unpaired) electrons. The molecule has 0 spiro atoms. The normalized spacial score (nSPS) is 15.6. The number of ether oxygens (including phenoxy) is 1. The number of morpholine rings is 1. The average molecular weight is 457 g/mol. The van der Waals surface area contributed by atoms with Crippen LogP contribution in [0.4, 0.5) is 0 Å². The molecule has 4 aromatic heterocycles. The van der Waals surface area contributed by atoms with E-state index >= 15 is 0 Å². The van der Waals surface area contributed by atoms with E-state index in [2.05, 4.69) is 57.5 Å². The number of nitrogens with zero attached hydrogens (tertiary/aromatic N) is 3. The van der Waals surface area contributed by atoms with Crippen molar-refractivity contribution in [2.24, 2.45) is 0 Å². The fourth-order valence-corrected chi connectivity index (χ4v) is 5.26. The Morgan fingerprint density at radius 2 is 1.79 bits per heavy atom. The van der Waals surface area contributed by atoms with Crippen molar-refractivity contribution in [1.82, 2.24) is 19.3 Å². The average Bonchev–Trinajstić information content (AvgIpc) is 3.26. The van der Waals surface area contributed by atoms with Crippen LogP contribution in [0.25, 0.3) is 16.6 Å². The van der Waals surface area contributed by atoms with E-state index in [4.69, 9.17) is 4.74 Å². The molecule has 1 unspecified atom stereocenters. The summed E-state index contributed by atoms with van der Waals surface area (Å²) < 4.78 is 7.95. The zero-order valence-corrected chi connectivity index (χ0v) is 20.4. The van der Waals surface area contributed by atoms with Crippen molar-refractivity contribution in [2.45, 2.75) is 40.2 Å². The minimum Gasteiger partial charge on any atom is -0.379 e. The van der Waals surface area contributed by atoms with Gasteiger partial charge in [-0.15, -0.1) is 0 Å². The summed E-state index contributed by atoms with van der Waals surface area (Å²) in [6.07, 6.45) is 6.51. The lowest BCUT2D eigenvalue weighted by atomic mass is 9.95. The molecule has 1 saturated heterocycles. The molecule has 6 nitrogen and oxygen atoms in total. The van der Waals surface area contributed by atoms with E-state index in [1.54, 1.807) is 0 Å². The summed E-state index contributed by atoms with van der Waals surface area (Å²) in [5.74, 6) is 0. The van der Waals surface area contributed by atoms with Gasteiger partial charge in [0.2, 0.25) is 0 Å². The minimum atomic E-state index is 0.00686. The van der Waals surface area contributed by atoms with E-state index in [9.17, 15) is 4.79 Å². The smallest absolute Gasteiger partial charge is 0.251 e. The predicted molar refractivity (Wildman–Crippen MR) is 136 cm³/mol. The monoisotopic (exact) mass is 456 g/mol. The standard InChI is InChI=1S/C28H32N4O2/c1-18-13-19(2)30-28(33)26(18)16-23-14-25-15-24(22-5-7-29-8-6-22)17-32(25)27(20(23)3)21(4)31-9-11-34-12-10-31/h5-8,13-15,17,21H,9-12,16H2,1-4H3,(H,30,33). The molecule has 0 saturated carbocycles. The first kappa shape index (κ1) is 22.6. The fraction of sp³-hybridized carbons (Fsp3) is 0.357. The van der Waals surface area contributed by atoms with Crippen molar-refractivity contribution in [3.05, 3.63) is 92.9 Å². The molecule has 34 heavy (non-hydrogen) atoms. The SMILES string of the molecule is Cc1cc(C)c(Cc2cc3cc(-c4ccncc4)cn3c(C(C)N3CCOCC3)c2C)c(=O)[nH]1. The van der Waals surface area contributed by atoms with Crippen molar-refractivity contribution in [1.29, 1.82) is 0 Å². The van der Waals surface area contributed by atoms with Crippen LogP contribution < -0.4 is 5.56 Å². The van der Waals surface area contributed by atoms with Crippen molar-refractivity contribution >= 4 is 5.52 Å². The number of hydrogen-bond donors (Lipinski definition) is 1. The van der Waals surface area contributed by atoms with Gasteiger partial charge in [0, 0.05) is 72.2 Å². The van der Waals surface area contributed by atoms with Crippen molar-refractivity contribution in [3.8, 4) is 11.1 Å². The third-order valence-corrected chi connectivity index (χ3v) is 7.16. The number of H-pyrrole nitrogens is 1. The van der Waals surface area contributed by atoms with Crippen LogP contribution in [0.15, 0.2) is 53.7 Å². The predicted octanol–water partition coefficient (Wildman–Crippen LogP) is 4.60. The quantitative estimate of drug-likeness (QED) is 0.477. The molecular formula is C28H32N4O2. The zero-order chi connectivity index (χ0) is 23.8. The van der Waals surface area contributed by atoms with Gasteiger partial charge >= 0.3 is 0 Å². The maximum Gasteiger partial charge on any atom is 0.251 e. The van der Waals surface area contributed by atoms with Gasteiger partial charge in [-0.3, -0.25) is 14.7 Å². The van der Waals surface area contributed by atoms with E-state index in [0.29, 0.717) is 6.42 Å². The fourth-order valence-electron chi connectivity index (χ4n) is 5.26. The molecule has 0 aromatic carbocycles. The van der Waals surface area contributed by atoms with Crippen LogP contribution in [0.3, 0.4) is 0 Å². The highest BCUT2D eigenvalue weighted by Gasteiger charge is 2.24. The molecule has 0 bridgehead atoms. The highest BCUT2D eigenvalue weighted by molar-refractivity contribution is 5.71. The summed E-state index contributed by atoms with van der Waals surface area (Å²) in [7, 11) is 0. The van der Waals surface area contributed by atoms with Gasteiger partial charge in [0.15, 0.2) is 0 Å². The summed E-state index contributed by atoms with van der Waals surface area (Å²) in [5.41, 5.74) is 9.94. The van der Waals surface area contributed by atoms with E-state index in [0.717, 1.165) is 54.2 Å². The largest absolute Gasteiger partial charge is 0.379 e. The summed E-state index contributed by atoms with van der Waals surface area (Å²) in [5, 5.41) is 0. The molecule has 1 fully saturated rings. The number of fused-ring (bicyclic) bond motifs is 1. The second kappa shape index (κ2) is 9.20. The lowest BCUT2D eigenvalue weighted by Gasteiger charge is -2.34. The first-order valence-corrected chi connectivity index (χ1v) is 12.0. The molecular weight excluding hydrogens is 424 g/mol. The van der Waals surface area contributed by atoms with E-state index < -0.39 is 0 Å². The Balaban J connectivity index is 1.67. The third-order valence-electron chi connectivity index (χ3n) is 7.16. The minimum absolute atomic E-state index is 0.00686. The van der Waals surface area contributed by atoms with Gasteiger partial charge < -0.3 is 14.1 Å². The Morgan fingerprint density at radius 1 is 1.06 bits per heavy atom. The molecule has 0 amide bonds. The van der Waals surface area contributed by atoms with E-state index in [1.165, 1.54) is 22.4 Å². The van der Waals surface area contributed by atoms with E-state index in [1.807, 2.05) is 38.4 Å². The van der Waals surface area contributed by atoms with Gasteiger partial charge in [-0.1, -0.05) is 0 Å². The molecule has 5 heterocycles. The number of rotatable bonds is 5. The Kier molecular flexibility index (Phi) is 6.11. The molecule has 1 atom stereocenters. The molecule has 5 rings (SSSR count). The van der Waals surface area contributed by atoms with Gasteiger partial charge in [-0.25, -0.2) is 0 Å². The van der Waals surface area contributed by atoms with Crippen molar-refractivity contribution < 1.29 is 4.74 Å². The first-order chi connectivity index (χ1) is 16.4. The Hall–Kier alpha value is -3.22. The number of hydrogen-bond acceptors (Lipinski definition) is 4. The van der Waals surface area contributed by atoms with Crippen LogP contribution in [-0.2, 0) is 11.2 Å². The van der Waals surface area contributed by atoms with E-state index in [-0.39, 0.29) is 11.6 Å². The Bertz CT molecular complexity index is 1380. The summed E-state index contributed by atoms with van der Waals surface area (Å²) in [4.78, 5) is 22.5. The summed E-state index contributed by atoms with van der Waals surface area (Å²) in [6.45, 7) is 11.8. The van der Waals surface area contributed by atoms with Gasteiger partial charge in [-0.05, 0) is 80.3 Å². The van der Waals surface area contributed by atoms with Crippen LogP contribution in [0.1, 0.15) is 46.6 Å². The number of aromatic nitrogens is 3. The molecule has 1 aliphatic rings. The summed E-state index contributed by atoms with van der Waals surface area (Å²) in [6, 6.07) is 10.8. The molecule has 1 aliphatic heterocycles. The molecule has 4 aromatic rings. The van der Waals surface area contributed by atoms with Crippen LogP contribution in [0.5, 0.6) is 0 Å². The third kappa shape index (κ3) is 4.19. The maximum absolute atomic E-state index is 12.8. The molecule has 6 heteroatoms. The van der Waals surface area contributed by atoms with Crippen molar-refractivity contribution in [2.75, 3.05) is 26.3 Å². The van der Waals surface area contributed by atoms with Crippen molar-refractivity contribution in [3.63, 3.8) is 0 Å². The first-order valence-electron chi connectivity index (χ1n) is 12.0. The lowest BCUT2D eigenvalue weighted by Crippen LogP contribution is -2.39. The van der Waals surface area contributed by atoms with Gasteiger partial charge in [0.05, 0.1) is 13.2 Å². The lowest BCUT2D eigenvalue weighted by molar-refractivity contribution is 0.0187. The second-order valence-corrected chi connectivity index (χ2v) is 9.38.